The number of benzene rings is 1. The highest BCUT2D eigenvalue weighted by atomic mass is 16.1. The maximum Gasteiger partial charge on any atom is 0.268 e. The van der Waals surface area contributed by atoms with Crippen LogP contribution in [0.2, 0.25) is 0 Å². The number of hydrogen-bond donors (Lipinski definition) is 1. The third-order valence-electron chi connectivity index (χ3n) is 4.22. The number of nitrogens with zero attached hydrogens (tertiary/aromatic N) is 3. The molecule has 1 fully saturated rings. The minimum atomic E-state index is -0.145. The molecule has 1 aromatic carbocycles. The van der Waals surface area contributed by atoms with Crippen LogP contribution in [0.3, 0.4) is 0 Å². The molecule has 1 aromatic heterocycles. The molecule has 2 heterocycles. The van der Waals surface area contributed by atoms with Gasteiger partial charge in [0.05, 0.1) is 18.4 Å². The van der Waals surface area contributed by atoms with E-state index >= 15 is 0 Å². The highest BCUT2D eigenvalue weighted by molar-refractivity contribution is 5.94. The van der Waals surface area contributed by atoms with Gasteiger partial charge >= 0.3 is 0 Å². The van der Waals surface area contributed by atoms with E-state index in [1.165, 1.54) is 11.1 Å². The first-order valence-corrected chi connectivity index (χ1v) is 8.39. The zero-order valence-electron chi connectivity index (χ0n) is 13.6. The van der Waals surface area contributed by atoms with Crippen LogP contribution in [0.15, 0.2) is 47.4 Å². The molecule has 1 aliphatic heterocycles. The Labute approximate surface area is 141 Å². The largest absolute Gasteiger partial charge is 0.370 e. The van der Waals surface area contributed by atoms with Crippen molar-refractivity contribution in [3.05, 3.63) is 58.5 Å². The molecule has 0 unspecified atom stereocenters. The summed E-state index contributed by atoms with van der Waals surface area (Å²) in [6.45, 7) is 2.69. The molecule has 1 aliphatic rings. The van der Waals surface area contributed by atoms with Gasteiger partial charge in [0, 0.05) is 31.3 Å². The van der Waals surface area contributed by atoms with Crippen molar-refractivity contribution >= 4 is 11.6 Å². The van der Waals surface area contributed by atoms with E-state index in [0.29, 0.717) is 18.7 Å². The zero-order valence-corrected chi connectivity index (χ0v) is 13.6. The molecule has 24 heavy (non-hydrogen) atoms. The topological polar surface area (TPSA) is 67.2 Å². The molecular weight excluding hydrogens is 304 g/mol. The Balaban J connectivity index is 1.56. The van der Waals surface area contributed by atoms with Gasteiger partial charge in [-0.3, -0.25) is 9.59 Å². The van der Waals surface area contributed by atoms with Gasteiger partial charge in [0.2, 0.25) is 0 Å². The summed E-state index contributed by atoms with van der Waals surface area (Å²) in [4.78, 5) is 26.4. The monoisotopic (exact) mass is 326 g/mol. The number of piperidine rings is 1. The maximum absolute atomic E-state index is 12.2. The van der Waals surface area contributed by atoms with Crippen LogP contribution in [0.5, 0.6) is 0 Å². The van der Waals surface area contributed by atoms with Crippen LogP contribution in [0.25, 0.3) is 0 Å². The van der Waals surface area contributed by atoms with Crippen LogP contribution < -0.4 is 15.8 Å². The van der Waals surface area contributed by atoms with E-state index in [2.05, 4.69) is 15.3 Å². The Morgan fingerprint density at radius 2 is 1.88 bits per heavy atom. The van der Waals surface area contributed by atoms with Crippen molar-refractivity contribution in [2.45, 2.75) is 25.8 Å². The molecule has 1 N–H and O–H groups in total. The molecule has 0 spiro atoms. The lowest BCUT2D eigenvalue weighted by Crippen LogP contribution is -2.34. The van der Waals surface area contributed by atoms with Crippen LogP contribution in [0, 0.1) is 0 Å². The fourth-order valence-corrected chi connectivity index (χ4v) is 2.88. The quantitative estimate of drug-likeness (QED) is 0.907. The Kier molecular flexibility index (Phi) is 5.25. The van der Waals surface area contributed by atoms with Crippen molar-refractivity contribution in [2.24, 2.45) is 0 Å². The van der Waals surface area contributed by atoms with Crippen LogP contribution >= 0.6 is 0 Å². The lowest BCUT2D eigenvalue weighted by Gasteiger charge is -2.28. The number of carbonyl (C=O) groups excluding carboxylic acids is 1. The van der Waals surface area contributed by atoms with Crippen molar-refractivity contribution in [1.82, 2.24) is 15.1 Å². The first-order chi connectivity index (χ1) is 11.7. The summed E-state index contributed by atoms with van der Waals surface area (Å²) in [5, 5.41) is 7.04. The van der Waals surface area contributed by atoms with Gasteiger partial charge in [-0.2, -0.15) is 5.10 Å². The number of carbonyl (C=O) groups is 1. The fraction of sp³-hybridized carbons (Fsp3) is 0.389. The van der Waals surface area contributed by atoms with Gasteiger partial charge in [0.25, 0.3) is 11.5 Å². The van der Waals surface area contributed by atoms with E-state index in [4.69, 9.17) is 0 Å². The molecule has 3 rings (SSSR count). The minimum Gasteiger partial charge on any atom is -0.370 e. The molecule has 0 bridgehead atoms. The van der Waals surface area contributed by atoms with E-state index in [9.17, 15) is 9.59 Å². The summed E-state index contributed by atoms with van der Waals surface area (Å²) in [6.07, 6.45) is 5.32. The molecule has 0 radical (unpaired) electrons. The number of anilines is 1. The summed E-state index contributed by atoms with van der Waals surface area (Å²) >= 11 is 0. The van der Waals surface area contributed by atoms with Crippen LogP contribution in [0.4, 0.5) is 5.69 Å². The number of aromatic nitrogens is 2. The average Bonchev–Trinajstić information content (AvgIpc) is 2.64. The zero-order chi connectivity index (χ0) is 16.8. The van der Waals surface area contributed by atoms with Crippen LogP contribution in [-0.2, 0) is 6.54 Å². The second-order valence-corrected chi connectivity index (χ2v) is 5.94. The number of rotatable bonds is 5. The molecule has 6 nitrogen and oxygen atoms in total. The molecular formula is C18H22N4O2. The molecule has 6 heteroatoms. The van der Waals surface area contributed by atoms with E-state index in [1.807, 2.05) is 18.2 Å². The molecule has 1 amide bonds. The van der Waals surface area contributed by atoms with Gasteiger partial charge in [-0.1, -0.05) is 18.2 Å². The third kappa shape index (κ3) is 4.01. The summed E-state index contributed by atoms with van der Waals surface area (Å²) in [6, 6.07) is 10.7. The Morgan fingerprint density at radius 3 is 2.58 bits per heavy atom. The van der Waals surface area contributed by atoms with E-state index in [-0.39, 0.29) is 11.5 Å². The first kappa shape index (κ1) is 16.2. The SMILES string of the molecule is O=C(NCCn1ncc(N2CCCCC2)cc1=O)c1ccccc1. The molecule has 0 saturated carbocycles. The lowest BCUT2D eigenvalue weighted by molar-refractivity contribution is 0.0951. The Morgan fingerprint density at radius 1 is 1.12 bits per heavy atom. The maximum atomic E-state index is 12.2. The average molecular weight is 326 g/mol. The summed E-state index contributed by atoms with van der Waals surface area (Å²) in [5.74, 6) is -0.145. The van der Waals surface area contributed by atoms with Gasteiger partial charge < -0.3 is 10.2 Å². The Hall–Kier alpha value is -2.63. The summed E-state index contributed by atoms with van der Waals surface area (Å²) < 4.78 is 1.39. The predicted molar refractivity (Wildman–Crippen MR) is 93.3 cm³/mol. The molecule has 0 atom stereocenters. The standard InChI is InChI=1S/C18H22N4O2/c23-17-13-16(21-10-5-2-6-11-21)14-20-22(17)12-9-19-18(24)15-7-3-1-4-8-15/h1,3-4,7-8,13-14H,2,5-6,9-12H2,(H,19,24). The second kappa shape index (κ2) is 7.77. The fourth-order valence-electron chi connectivity index (χ4n) is 2.88. The van der Waals surface area contributed by atoms with Gasteiger partial charge in [0.15, 0.2) is 0 Å². The van der Waals surface area contributed by atoms with E-state index < -0.39 is 0 Å². The van der Waals surface area contributed by atoms with Gasteiger partial charge in [-0.25, -0.2) is 4.68 Å². The van der Waals surface area contributed by atoms with Gasteiger partial charge in [-0.05, 0) is 31.4 Å². The second-order valence-electron chi connectivity index (χ2n) is 5.94. The summed E-state index contributed by atoms with van der Waals surface area (Å²) in [7, 11) is 0. The smallest absolute Gasteiger partial charge is 0.268 e. The van der Waals surface area contributed by atoms with Gasteiger partial charge in [-0.15, -0.1) is 0 Å². The predicted octanol–water partition coefficient (Wildman–Crippen LogP) is 1.66. The van der Waals surface area contributed by atoms with E-state index in [1.54, 1.807) is 24.4 Å². The normalized spacial score (nSPS) is 14.4. The number of nitrogens with one attached hydrogen (secondary N) is 1. The third-order valence-corrected chi connectivity index (χ3v) is 4.22. The Bertz CT molecular complexity index is 736. The lowest BCUT2D eigenvalue weighted by atomic mass is 10.1. The number of amides is 1. The molecule has 1 saturated heterocycles. The van der Waals surface area contributed by atoms with Crippen molar-refractivity contribution in [3.8, 4) is 0 Å². The van der Waals surface area contributed by atoms with Crippen molar-refractivity contribution < 1.29 is 4.79 Å². The highest BCUT2D eigenvalue weighted by Gasteiger charge is 2.12. The molecule has 2 aromatic rings. The van der Waals surface area contributed by atoms with Crippen molar-refractivity contribution in [3.63, 3.8) is 0 Å². The van der Waals surface area contributed by atoms with Crippen LogP contribution in [-0.4, -0.2) is 35.3 Å². The molecule has 126 valence electrons. The van der Waals surface area contributed by atoms with Crippen molar-refractivity contribution in [1.29, 1.82) is 0 Å². The minimum absolute atomic E-state index is 0.132. The van der Waals surface area contributed by atoms with Crippen LogP contribution in [0.1, 0.15) is 29.6 Å². The van der Waals surface area contributed by atoms with Gasteiger partial charge in [0.1, 0.15) is 0 Å². The number of hydrogen-bond acceptors (Lipinski definition) is 4. The first-order valence-electron chi connectivity index (χ1n) is 8.39. The summed E-state index contributed by atoms with van der Waals surface area (Å²) in [5.41, 5.74) is 1.37. The molecule has 0 aliphatic carbocycles. The highest BCUT2D eigenvalue weighted by Crippen LogP contribution is 2.16. The van der Waals surface area contributed by atoms with Crippen molar-refractivity contribution in [2.75, 3.05) is 24.5 Å². The van der Waals surface area contributed by atoms with E-state index in [0.717, 1.165) is 31.6 Å².